The molecule has 6 heteroatoms. The van der Waals surface area contributed by atoms with Crippen LogP contribution in [0.2, 0.25) is 10.0 Å². The Morgan fingerprint density at radius 2 is 1.53 bits per heavy atom. The highest BCUT2D eigenvalue weighted by atomic mass is 35.5. The summed E-state index contributed by atoms with van der Waals surface area (Å²) in [6.07, 6.45) is 0. The molecule has 0 aliphatic heterocycles. The lowest BCUT2D eigenvalue weighted by atomic mass is 10.0. The van der Waals surface area contributed by atoms with Gasteiger partial charge in [-0.3, -0.25) is 0 Å². The van der Waals surface area contributed by atoms with Gasteiger partial charge in [-0.25, -0.2) is 4.79 Å². The van der Waals surface area contributed by atoms with E-state index in [0.29, 0.717) is 23.1 Å². The average Bonchev–Trinajstić information content (AvgIpc) is 2.80. The molecule has 0 aromatic heterocycles. The van der Waals surface area contributed by atoms with Crippen molar-refractivity contribution in [2.24, 2.45) is 0 Å². The van der Waals surface area contributed by atoms with Gasteiger partial charge in [0.05, 0.1) is 5.56 Å². The molecule has 0 atom stereocenters. The fourth-order valence-corrected chi connectivity index (χ4v) is 4.06. The van der Waals surface area contributed by atoms with E-state index in [-0.39, 0.29) is 12.2 Å². The van der Waals surface area contributed by atoms with Crippen LogP contribution in [0.5, 0.6) is 5.75 Å². The molecule has 4 nitrogen and oxygen atoms in total. The maximum Gasteiger partial charge on any atom is 0.335 e. The van der Waals surface area contributed by atoms with Gasteiger partial charge in [0.15, 0.2) is 0 Å². The Bertz CT molecular complexity index is 1240. The molecule has 0 aliphatic rings. The fourth-order valence-electron chi connectivity index (χ4n) is 3.55. The zero-order chi connectivity index (χ0) is 22.5. The SMILES string of the molecule is O=C(O)c1ccc(CNCc2c(OCc3c(Cl)cccc3Cl)ccc3ccccc23)cc1. The molecule has 0 saturated carbocycles. The summed E-state index contributed by atoms with van der Waals surface area (Å²) in [7, 11) is 0. The summed E-state index contributed by atoms with van der Waals surface area (Å²) in [6, 6.07) is 24.4. The largest absolute Gasteiger partial charge is 0.488 e. The zero-order valence-electron chi connectivity index (χ0n) is 17.1. The quantitative estimate of drug-likeness (QED) is 0.303. The van der Waals surface area contributed by atoms with Gasteiger partial charge in [-0.2, -0.15) is 0 Å². The molecule has 4 aromatic carbocycles. The number of carboxylic acids is 1. The van der Waals surface area contributed by atoms with E-state index in [1.165, 1.54) is 0 Å². The monoisotopic (exact) mass is 465 g/mol. The maximum atomic E-state index is 11.0. The Morgan fingerprint density at radius 1 is 0.812 bits per heavy atom. The molecular formula is C26H21Cl2NO3. The smallest absolute Gasteiger partial charge is 0.335 e. The topological polar surface area (TPSA) is 58.6 Å². The Hall–Kier alpha value is -3.05. The first-order chi connectivity index (χ1) is 15.5. The third kappa shape index (κ3) is 5.05. The van der Waals surface area contributed by atoms with E-state index < -0.39 is 5.97 Å². The number of benzene rings is 4. The molecule has 4 aromatic rings. The van der Waals surface area contributed by atoms with Crippen LogP contribution >= 0.6 is 23.2 Å². The Balaban J connectivity index is 1.54. The minimum atomic E-state index is -0.930. The van der Waals surface area contributed by atoms with Gasteiger partial charge in [0, 0.05) is 34.3 Å². The van der Waals surface area contributed by atoms with Gasteiger partial charge in [0.25, 0.3) is 0 Å². The average molecular weight is 466 g/mol. The van der Waals surface area contributed by atoms with Gasteiger partial charge < -0.3 is 15.2 Å². The van der Waals surface area contributed by atoms with Crippen molar-refractivity contribution in [3.05, 3.63) is 111 Å². The van der Waals surface area contributed by atoms with Crippen molar-refractivity contribution < 1.29 is 14.6 Å². The van der Waals surface area contributed by atoms with Crippen molar-refractivity contribution in [1.82, 2.24) is 5.32 Å². The van der Waals surface area contributed by atoms with Gasteiger partial charge in [0.2, 0.25) is 0 Å². The first kappa shape index (κ1) is 22.2. The van der Waals surface area contributed by atoms with E-state index in [1.807, 2.05) is 42.5 Å². The molecule has 0 radical (unpaired) electrons. The van der Waals surface area contributed by atoms with Gasteiger partial charge in [-0.05, 0) is 46.7 Å². The number of rotatable bonds is 8. The predicted octanol–water partition coefficient (Wildman–Crippen LogP) is 6.71. The van der Waals surface area contributed by atoms with Gasteiger partial charge in [0.1, 0.15) is 12.4 Å². The van der Waals surface area contributed by atoms with Crippen LogP contribution < -0.4 is 10.1 Å². The molecule has 32 heavy (non-hydrogen) atoms. The van der Waals surface area contributed by atoms with E-state index in [4.69, 9.17) is 33.0 Å². The van der Waals surface area contributed by atoms with Crippen molar-refractivity contribution >= 4 is 39.9 Å². The van der Waals surface area contributed by atoms with Crippen LogP contribution in [0.15, 0.2) is 78.9 Å². The summed E-state index contributed by atoms with van der Waals surface area (Å²) in [5.74, 6) is -0.172. The Kier molecular flexibility index (Phi) is 6.96. The van der Waals surface area contributed by atoms with Crippen LogP contribution in [0.25, 0.3) is 10.8 Å². The number of hydrogen-bond donors (Lipinski definition) is 2. The van der Waals surface area contributed by atoms with Crippen molar-refractivity contribution in [3.8, 4) is 5.75 Å². The molecule has 162 valence electrons. The van der Waals surface area contributed by atoms with E-state index >= 15 is 0 Å². The summed E-state index contributed by atoms with van der Waals surface area (Å²) in [4.78, 5) is 11.0. The highest BCUT2D eigenvalue weighted by molar-refractivity contribution is 6.35. The van der Waals surface area contributed by atoms with E-state index in [9.17, 15) is 4.79 Å². The van der Waals surface area contributed by atoms with Crippen LogP contribution in [0.4, 0.5) is 0 Å². The summed E-state index contributed by atoms with van der Waals surface area (Å²) in [5.41, 5.74) is 3.06. The molecule has 0 spiro atoms. The minimum Gasteiger partial charge on any atom is -0.488 e. The fraction of sp³-hybridized carbons (Fsp3) is 0.115. The first-order valence-electron chi connectivity index (χ1n) is 10.1. The second-order valence-corrected chi connectivity index (χ2v) is 8.17. The normalized spacial score (nSPS) is 10.9. The summed E-state index contributed by atoms with van der Waals surface area (Å²) >= 11 is 12.6. The zero-order valence-corrected chi connectivity index (χ0v) is 18.7. The van der Waals surface area contributed by atoms with Crippen molar-refractivity contribution in [2.45, 2.75) is 19.7 Å². The third-order valence-corrected chi connectivity index (χ3v) is 5.97. The van der Waals surface area contributed by atoms with Crippen molar-refractivity contribution in [1.29, 1.82) is 0 Å². The van der Waals surface area contributed by atoms with Crippen LogP contribution in [-0.4, -0.2) is 11.1 Å². The van der Waals surface area contributed by atoms with Crippen LogP contribution in [0.1, 0.15) is 27.0 Å². The molecule has 4 rings (SSSR count). The lowest BCUT2D eigenvalue weighted by molar-refractivity contribution is 0.0697. The molecule has 0 fully saturated rings. The highest BCUT2D eigenvalue weighted by Crippen LogP contribution is 2.31. The molecule has 0 amide bonds. The molecule has 0 heterocycles. The number of halogens is 2. The van der Waals surface area contributed by atoms with Gasteiger partial charge in [-0.1, -0.05) is 71.7 Å². The van der Waals surface area contributed by atoms with Crippen LogP contribution in [0, 0.1) is 0 Å². The summed E-state index contributed by atoms with van der Waals surface area (Å²) < 4.78 is 6.16. The van der Waals surface area contributed by atoms with Crippen LogP contribution in [-0.2, 0) is 19.7 Å². The lowest BCUT2D eigenvalue weighted by Crippen LogP contribution is -2.14. The minimum absolute atomic E-state index is 0.264. The number of ether oxygens (including phenoxy) is 1. The number of hydrogen-bond acceptors (Lipinski definition) is 3. The van der Waals surface area contributed by atoms with E-state index in [0.717, 1.165) is 33.2 Å². The molecule has 0 unspecified atom stereocenters. The number of carbonyl (C=O) groups is 1. The van der Waals surface area contributed by atoms with Crippen LogP contribution in [0.3, 0.4) is 0 Å². The van der Waals surface area contributed by atoms with E-state index in [1.54, 1.807) is 24.3 Å². The van der Waals surface area contributed by atoms with Gasteiger partial charge >= 0.3 is 5.97 Å². The molecule has 0 aliphatic carbocycles. The first-order valence-corrected chi connectivity index (χ1v) is 10.9. The number of aromatic carboxylic acids is 1. The van der Waals surface area contributed by atoms with E-state index in [2.05, 4.69) is 17.4 Å². The number of nitrogens with one attached hydrogen (secondary N) is 1. The number of carboxylic acid groups (broad SMARTS) is 1. The molecule has 0 bridgehead atoms. The van der Waals surface area contributed by atoms with Gasteiger partial charge in [-0.15, -0.1) is 0 Å². The Labute approximate surface area is 196 Å². The second-order valence-electron chi connectivity index (χ2n) is 7.36. The molecule has 0 saturated heterocycles. The maximum absolute atomic E-state index is 11.0. The second kappa shape index (κ2) is 10.0. The van der Waals surface area contributed by atoms with Crippen molar-refractivity contribution in [3.63, 3.8) is 0 Å². The predicted molar refractivity (Wildman–Crippen MR) is 129 cm³/mol. The number of fused-ring (bicyclic) bond motifs is 1. The van der Waals surface area contributed by atoms with Crippen molar-refractivity contribution in [2.75, 3.05) is 0 Å². The highest BCUT2D eigenvalue weighted by Gasteiger charge is 2.12. The molecular weight excluding hydrogens is 445 g/mol. The summed E-state index contributed by atoms with van der Waals surface area (Å²) in [5, 5.41) is 15.9. The Morgan fingerprint density at radius 3 is 2.25 bits per heavy atom. The molecule has 2 N–H and O–H groups in total. The third-order valence-electron chi connectivity index (χ3n) is 5.26. The standard InChI is InChI=1S/C26H21Cl2NO3/c27-23-6-3-7-24(28)22(23)16-32-25-13-12-18-4-1-2-5-20(18)21(25)15-29-14-17-8-10-19(11-9-17)26(30)31/h1-13,29H,14-16H2,(H,30,31). The summed E-state index contributed by atoms with van der Waals surface area (Å²) in [6.45, 7) is 1.44. The lowest BCUT2D eigenvalue weighted by Gasteiger charge is -2.16.